The molecule has 13 heavy (non-hydrogen) atoms. The number of hydrogen-bond donors (Lipinski definition) is 1. The molecule has 0 spiro atoms. The third kappa shape index (κ3) is 7.12. The predicted molar refractivity (Wildman–Crippen MR) is 56.7 cm³/mol. The first kappa shape index (κ1) is 11.8. The smallest absolute Gasteiger partial charge is 0.0970 e. The van der Waals surface area contributed by atoms with Crippen LogP contribution in [-0.2, 0) is 4.74 Å². The van der Waals surface area contributed by atoms with Gasteiger partial charge in [0, 0.05) is 13.0 Å². The summed E-state index contributed by atoms with van der Waals surface area (Å²) in [6.45, 7) is 12.5. The van der Waals surface area contributed by atoms with Crippen LogP contribution in [0.4, 0.5) is 0 Å². The van der Waals surface area contributed by atoms with E-state index in [-0.39, 0.29) is 0 Å². The van der Waals surface area contributed by atoms with Gasteiger partial charge in [0.15, 0.2) is 0 Å². The lowest BCUT2D eigenvalue weighted by Gasteiger charge is -2.04. The number of rotatable bonds is 6. The molecular weight excluding hydrogens is 164 g/mol. The minimum Gasteiger partial charge on any atom is -0.499 e. The molecule has 0 amide bonds. The molecule has 1 N–H and O–H groups in total. The van der Waals surface area contributed by atoms with Crippen LogP contribution in [0.25, 0.3) is 0 Å². The summed E-state index contributed by atoms with van der Waals surface area (Å²) in [6.07, 6.45) is 2.38. The van der Waals surface area contributed by atoms with Crippen molar-refractivity contribution in [1.82, 2.24) is 5.32 Å². The van der Waals surface area contributed by atoms with Gasteiger partial charge in [-0.25, -0.2) is 0 Å². The molecule has 0 rings (SSSR count). The summed E-state index contributed by atoms with van der Waals surface area (Å²) in [6, 6.07) is 0. The van der Waals surface area contributed by atoms with E-state index in [4.69, 9.17) is 4.74 Å². The van der Waals surface area contributed by atoms with Crippen molar-refractivity contribution in [2.24, 2.45) is 4.99 Å². The fourth-order valence-electron chi connectivity index (χ4n) is 0.818. The van der Waals surface area contributed by atoms with Gasteiger partial charge in [0.05, 0.1) is 18.2 Å². The standard InChI is InChI=1S/C10H18N2O/c1-5-11-10(4)12-8-7-9(3)13-6-2/h5H,1,3,6-8H2,2,4H3,(H,11,12). The molecule has 0 fully saturated rings. The molecule has 0 aromatic heterocycles. The van der Waals surface area contributed by atoms with Gasteiger partial charge in [-0.05, 0) is 20.0 Å². The maximum absolute atomic E-state index is 5.18. The van der Waals surface area contributed by atoms with E-state index in [1.54, 1.807) is 6.20 Å². The van der Waals surface area contributed by atoms with Crippen molar-refractivity contribution in [3.8, 4) is 0 Å². The van der Waals surface area contributed by atoms with Gasteiger partial charge in [-0.3, -0.25) is 4.99 Å². The second kappa shape index (κ2) is 7.40. The molecule has 0 saturated carbocycles. The van der Waals surface area contributed by atoms with Gasteiger partial charge < -0.3 is 10.1 Å². The van der Waals surface area contributed by atoms with Crippen molar-refractivity contribution in [3.05, 3.63) is 25.1 Å². The van der Waals surface area contributed by atoms with Crippen molar-refractivity contribution in [1.29, 1.82) is 0 Å². The molecule has 0 aliphatic rings. The number of nitrogens with one attached hydrogen (secondary N) is 1. The first-order valence-corrected chi connectivity index (χ1v) is 4.39. The highest BCUT2D eigenvalue weighted by atomic mass is 16.5. The molecule has 0 unspecified atom stereocenters. The second-order valence-corrected chi connectivity index (χ2v) is 2.54. The second-order valence-electron chi connectivity index (χ2n) is 2.54. The zero-order valence-corrected chi connectivity index (χ0v) is 8.47. The van der Waals surface area contributed by atoms with E-state index in [1.807, 2.05) is 13.8 Å². The molecule has 0 aliphatic carbocycles. The summed E-state index contributed by atoms with van der Waals surface area (Å²) in [4.78, 5) is 4.23. The Hall–Kier alpha value is -1.25. The van der Waals surface area contributed by atoms with Crippen LogP contribution in [0.1, 0.15) is 20.3 Å². The number of aliphatic imine (C=N–C) groups is 1. The Morgan fingerprint density at radius 2 is 2.31 bits per heavy atom. The highest BCUT2D eigenvalue weighted by Crippen LogP contribution is 1.99. The SMILES string of the molecule is C=CNC(C)=NCCC(=C)OCC. The molecule has 0 atom stereocenters. The summed E-state index contributed by atoms with van der Waals surface area (Å²) < 4.78 is 5.18. The topological polar surface area (TPSA) is 33.6 Å². The van der Waals surface area contributed by atoms with Gasteiger partial charge in [0.2, 0.25) is 0 Å². The van der Waals surface area contributed by atoms with E-state index < -0.39 is 0 Å². The molecule has 0 heterocycles. The van der Waals surface area contributed by atoms with Gasteiger partial charge in [-0.15, -0.1) is 0 Å². The Bertz CT molecular complexity index is 197. The maximum Gasteiger partial charge on any atom is 0.0970 e. The van der Waals surface area contributed by atoms with Crippen LogP contribution in [0.3, 0.4) is 0 Å². The van der Waals surface area contributed by atoms with Crippen molar-refractivity contribution in [3.63, 3.8) is 0 Å². The van der Waals surface area contributed by atoms with Crippen molar-refractivity contribution in [2.75, 3.05) is 13.2 Å². The van der Waals surface area contributed by atoms with Crippen LogP contribution in [0.5, 0.6) is 0 Å². The third-order valence-corrected chi connectivity index (χ3v) is 1.40. The van der Waals surface area contributed by atoms with Gasteiger partial charge in [-0.2, -0.15) is 0 Å². The fourth-order valence-corrected chi connectivity index (χ4v) is 0.818. The van der Waals surface area contributed by atoms with Crippen LogP contribution >= 0.6 is 0 Å². The molecule has 74 valence electrons. The Morgan fingerprint density at radius 1 is 1.62 bits per heavy atom. The van der Waals surface area contributed by atoms with Crippen molar-refractivity contribution >= 4 is 5.84 Å². The molecule has 3 nitrogen and oxygen atoms in total. The molecular formula is C10H18N2O. The molecule has 3 heteroatoms. The van der Waals surface area contributed by atoms with E-state index in [0.717, 1.165) is 18.0 Å². The van der Waals surface area contributed by atoms with Crippen molar-refractivity contribution < 1.29 is 4.74 Å². The normalized spacial score (nSPS) is 10.8. The largest absolute Gasteiger partial charge is 0.499 e. The monoisotopic (exact) mass is 182 g/mol. The average Bonchev–Trinajstić information content (AvgIpc) is 2.05. The highest BCUT2D eigenvalue weighted by Gasteiger charge is 1.92. The lowest BCUT2D eigenvalue weighted by Crippen LogP contribution is -2.12. The maximum atomic E-state index is 5.18. The number of amidine groups is 1. The van der Waals surface area contributed by atoms with E-state index in [0.29, 0.717) is 13.2 Å². The van der Waals surface area contributed by atoms with Crippen LogP contribution in [0, 0.1) is 0 Å². The summed E-state index contributed by atoms with van der Waals surface area (Å²) >= 11 is 0. The lowest BCUT2D eigenvalue weighted by atomic mass is 10.4. The predicted octanol–water partition coefficient (Wildman–Crippen LogP) is 2.08. The highest BCUT2D eigenvalue weighted by molar-refractivity contribution is 5.80. The number of ether oxygens (including phenoxy) is 1. The van der Waals surface area contributed by atoms with E-state index in [1.165, 1.54) is 0 Å². The van der Waals surface area contributed by atoms with Gasteiger partial charge in [0.25, 0.3) is 0 Å². The number of nitrogens with zero attached hydrogens (tertiary/aromatic N) is 1. The average molecular weight is 182 g/mol. The summed E-state index contributed by atoms with van der Waals surface area (Å²) in [5, 5.41) is 2.89. The summed E-state index contributed by atoms with van der Waals surface area (Å²) in [5.74, 6) is 1.65. The molecule has 0 aromatic rings. The van der Waals surface area contributed by atoms with Gasteiger partial charge in [-0.1, -0.05) is 13.2 Å². The Kier molecular flexibility index (Phi) is 6.69. The first-order chi connectivity index (χ1) is 6.20. The molecule has 0 saturated heterocycles. The Morgan fingerprint density at radius 3 is 2.85 bits per heavy atom. The van der Waals surface area contributed by atoms with Crippen LogP contribution < -0.4 is 5.32 Å². The Labute approximate surface area is 80.2 Å². The number of hydrogen-bond acceptors (Lipinski definition) is 2. The lowest BCUT2D eigenvalue weighted by molar-refractivity contribution is 0.221. The minimum atomic E-state index is 0.673. The van der Waals surface area contributed by atoms with Crippen LogP contribution in [0.15, 0.2) is 30.1 Å². The molecule has 0 radical (unpaired) electrons. The molecule has 0 aliphatic heterocycles. The van der Waals surface area contributed by atoms with E-state index in [9.17, 15) is 0 Å². The van der Waals surface area contributed by atoms with E-state index in [2.05, 4.69) is 23.5 Å². The zero-order valence-electron chi connectivity index (χ0n) is 8.47. The first-order valence-electron chi connectivity index (χ1n) is 4.39. The molecule has 0 aromatic carbocycles. The third-order valence-electron chi connectivity index (χ3n) is 1.40. The quantitative estimate of drug-likeness (QED) is 0.387. The van der Waals surface area contributed by atoms with E-state index >= 15 is 0 Å². The molecule has 0 bridgehead atoms. The van der Waals surface area contributed by atoms with Crippen LogP contribution in [0.2, 0.25) is 0 Å². The minimum absolute atomic E-state index is 0.673. The van der Waals surface area contributed by atoms with Crippen molar-refractivity contribution in [2.45, 2.75) is 20.3 Å². The Balaban J connectivity index is 3.58. The van der Waals surface area contributed by atoms with Gasteiger partial charge in [0.1, 0.15) is 0 Å². The van der Waals surface area contributed by atoms with Gasteiger partial charge >= 0.3 is 0 Å². The fraction of sp³-hybridized carbons (Fsp3) is 0.500. The zero-order chi connectivity index (χ0) is 10.1. The summed E-state index contributed by atoms with van der Waals surface area (Å²) in [7, 11) is 0. The summed E-state index contributed by atoms with van der Waals surface area (Å²) in [5.41, 5.74) is 0. The van der Waals surface area contributed by atoms with Crippen LogP contribution in [-0.4, -0.2) is 19.0 Å².